The van der Waals surface area contributed by atoms with Gasteiger partial charge in [0.1, 0.15) is 5.82 Å². The Balaban J connectivity index is 1.98. The fraction of sp³-hybridized carbons (Fsp3) is 0.158. The molecule has 3 rings (SSSR count). The molecule has 0 spiro atoms. The first-order chi connectivity index (χ1) is 10.7. The van der Waals surface area contributed by atoms with Crippen molar-refractivity contribution in [3.05, 3.63) is 72.1 Å². The van der Waals surface area contributed by atoms with Crippen molar-refractivity contribution in [1.82, 2.24) is 9.55 Å². The topological polar surface area (TPSA) is 34.9 Å². The van der Waals surface area contributed by atoms with E-state index in [2.05, 4.69) is 29.5 Å². The van der Waals surface area contributed by atoms with E-state index in [0.29, 0.717) is 5.56 Å². The summed E-state index contributed by atoms with van der Waals surface area (Å²) in [6.07, 6.45) is 3.39. The molecule has 1 heterocycles. The zero-order chi connectivity index (χ0) is 15.5. The summed E-state index contributed by atoms with van der Waals surface area (Å²) in [5.41, 5.74) is 2.72. The number of hydrogen-bond donors (Lipinski definition) is 0. The Morgan fingerprint density at radius 3 is 2.45 bits per heavy atom. The molecule has 1 aromatic heterocycles. The minimum Gasteiger partial charge on any atom is -0.322 e. The number of ketones is 1. The molecule has 0 N–H and O–H groups in total. The van der Waals surface area contributed by atoms with Crippen molar-refractivity contribution < 1.29 is 4.79 Å². The maximum Gasteiger partial charge on any atom is 0.185 e. The van der Waals surface area contributed by atoms with Gasteiger partial charge in [0.2, 0.25) is 0 Å². The first-order valence-electron chi connectivity index (χ1n) is 7.41. The van der Waals surface area contributed by atoms with E-state index >= 15 is 0 Å². The fourth-order valence-corrected chi connectivity index (χ4v) is 2.57. The summed E-state index contributed by atoms with van der Waals surface area (Å²) in [5.74, 6) is 0.795. The van der Waals surface area contributed by atoms with Gasteiger partial charge in [-0.2, -0.15) is 0 Å². The third kappa shape index (κ3) is 2.70. The molecule has 0 saturated heterocycles. The number of carbonyl (C=O) groups excluding carboxylic acids is 1. The Morgan fingerprint density at radius 2 is 1.73 bits per heavy atom. The number of benzene rings is 2. The molecule has 0 bridgehead atoms. The second-order valence-electron chi connectivity index (χ2n) is 5.49. The van der Waals surface area contributed by atoms with Crippen LogP contribution in [0.2, 0.25) is 0 Å². The summed E-state index contributed by atoms with van der Waals surface area (Å²) in [5, 5.41) is 0. The second kappa shape index (κ2) is 5.98. The van der Waals surface area contributed by atoms with Crippen LogP contribution in [0.15, 0.2) is 60.7 Å². The molecule has 0 atom stereocenters. The molecule has 3 heteroatoms. The number of nitrogens with zero attached hydrogens (tertiary/aromatic N) is 2. The molecule has 0 saturated carbocycles. The van der Waals surface area contributed by atoms with Gasteiger partial charge in [-0.3, -0.25) is 4.79 Å². The Labute approximate surface area is 129 Å². The number of para-hydroxylation sites is 2. The third-order valence-corrected chi connectivity index (χ3v) is 3.58. The molecule has 110 valence electrons. The van der Waals surface area contributed by atoms with Gasteiger partial charge in [-0.1, -0.05) is 42.5 Å². The molecule has 3 aromatic rings. The highest BCUT2D eigenvalue weighted by molar-refractivity contribution is 6.06. The Kier molecular flexibility index (Phi) is 3.88. The lowest BCUT2D eigenvalue weighted by Gasteiger charge is -2.10. The summed E-state index contributed by atoms with van der Waals surface area (Å²) in [6, 6.07) is 17.6. The first-order valence-corrected chi connectivity index (χ1v) is 7.41. The van der Waals surface area contributed by atoms with Gasteiger partial charge in [-0.25, -0.2) is 4.98 Å². The maximum absolute atomic E-state index is 12.2. The maximum atomic E-state index is 12.2. The number of imidazole rings is 1. The lowest BCUT2D eigenvalue weighted by Crippen LogP contribution is -2.03. The fourth-order valence-electron chi connectivity index (χ4n) is 2.57. The SMILES string of the molecule is CC(C)n1c(/C=C/C(=O)c2ccccc2)nc2ccccc21. The second-order valence-corrected chi connectivity index (χ2v) is 5.49. The normalized spacial score (nSPS) is 11.6. The van der Waals surface area contributed by atoms with Crippen molar-refractivity contribution in [2.24, 2.45) is 0 Å². The molecular formula is C19H18N2O. The summed E-state index contributed by atoms with van der Waals surface area (Å²) < 4.78 is 2.14. The standard InChI is InChI=1S/C19H18N2O/c1-14(2)21-17-11-7-6-10-16(17)20-19(21)13-12-18(22)15-8-4-3-5-9-15/h3-14H,1-2H3/b13-12+. The summed E-state index contributed by atoms with van der Waals surface area (Å²) in [6.45, 7) is 4.23. The summed E-state index contributed by atoms with van der Waals surface area (Å²) in [4.78, 5) is 16.8. The lowest BCUT2D eigenvalue weighted by molar-refractivity contribution is 0.104. The summed E-state index contributed by atoms with van der Waals surface area (Å²) >= 11 is 0. The van der Waals surface area contributed by atoms with E-state index < -0.39 is 0 Å². The minimum atomic E-state index is -0.0111. The molecule has 0 amide bonds. The molecule has 22 heavy (non-hydrogen) atoms. The average molecular weight is 290 g/mol. The van der Waals surface area contributed by atoms with Gasteiger partial charge in [0.25, 0.3) is 0 Å². The third-order valence-electron chi connectivity index (χ3n) is 3.58. The van der Waals surface area contributed by atoms with Crippen molar-refractivity contribution in [1.29, 1.82) is 0 Å². The number of allylic oxidation sites excluding steroid dienone is 1. The highest BCUT2D eigenvalue weighted by atomic mass is 16.1. The Hall–Kier alpha value is -2.68. The van der Waals surface area contributed by atoms with Crippen LogP contribution in [0.1, 0.15) is 36.1 Å². The van der Waals surface area contributed by atoms with Gasteiger partial charge >= 0.3 is 0 Å². The van der Waals surface area contributed by atoms with Crippen LogP contribution in [-0.4, -0.2) is 15.3 Å². The van der Waals surface area contributed by atoms with Crippen LogP contribution in [0.3, 0.4) is 0 Å². The Morgan fingerprint density at radius 1 is 1.05 bits per heavy atom. The predicted molar refractivity (Wildman–Crippen MR) is 89.9 cm³/mol. The molecule has 0 aliphatic rings. The van der Waals surface area contributed by atoms with Crippen LogP contribution >= 0.6 is 0 Å². The van der Waals surface area contributed by atoms with Crippen LogP contribution in [0.25, 0.3) is 17.1 Å². The van der Waals surface area contributed by atoms with E-state index in [4.69, 9.17) is 0 Å². The van der Waals surface area contributed by atoms with Crippen LogP contribution in [-0.2, 0) is 0 Å². The van der Waals surface area contributed by atoms with Crippen molar-refractivity contribution in [2.75, 3.05) is 0 Å². The number of hydrogen-bond acceptors (Lipinski definition) is 2. The molecule has 0 radical (unpaired) electrons. The monoisotopic (exact) mass is 290 g/mol. The molecule has 2 aromatic carbocycles. The first kappa shape index (κ1) is 14.3. The molecule has 0 aliphatic carbocycles. The Bertz CT molecular complexity index is 829. The average Bonchev–Trinajstić information content (AvgIpc) is 2.92. The molecule has 3 nitrogen and oxygen atoms in total. The van der Waals surface area contributed by atoms with Crippen LogP contribution in [0.5, 0.6) is 0 Å². The largest absolute Gasteiger partial charge is 0.322 e. The van der Waals surface area contributed by atoms with Crippen molar-refractivity contribution in [3.63, 3.8) is 0 Å². The lowest BCUT2D eigenvalue weighted by atomic mass is 10.1. The predicted octanol–water partition coefficient (Wildman–Crippen LogP) is 4.51. The van der Waals surface area contributed by atoms with Gasteiger partial charge in [-0.05, 0) is 38.1 Å². The van der Waals surface area contributed by atoms with Crippen molar-refractivity contribution in [2.45, 2.75) is 19.9 Å². The number of rotatable bonds is 4. The van der Waals surface area contributed by atoms with Gasteiger partial charge in [0, 0.05) is 11.6 Å². The van der Waals surface area contributed by atoms with Gasteiger partial charge in [0.15, 0.2) is 5.78 Å². The van der Waals surface area contributed by atoms with E-state index in [9.17, 15) is 4.79 Å². The number of carbonyl (C=O) groups is 1. The van der Waals surface area contributed by atoms with E-state index in [1.165, 1.54) is 0 Å². The van der Waals surface area contributed by atoms with Crippen molar-refractivity contribution in [3.8, 4) is 0 Å². The van der Waals surface area contributed by atoms with Gasteiger partial charge < -0.3 is 4.57 Å². The molecule has 0 aliphatic heterocycles. The number of aromatic nitrogens is 2. The van der Waals surface area contributed by atoms with E-state index in [-0.39, 0.29) is 11.8 Å². The minimum absolute atomic E-state index is 0.0111. The van der Waals surface area contributed by atoms with E-state index in [0.717, 1.165) is 16.9 Å². The molecule has 0 unspecified atom stereocenters. The highest BCUT2D eigenvalue weighted by Crippen LogP contribution is 2.21. The van der Waals surface area contributed by atoms with E-state index in [1.807, 2.05) is 48.5 Å². The quantitative estimate of drug-likeness (QED) is 0.523. The zero-order valence-electron chi connectivity index (χ0n) is 12.7. The smallest absolute Gasteiger partial charge is 0.185 e. The summed E-state index contributed by atoms with van der Waals surface area (Å²) in [7, 11) is 0. The number of fused-ring (bicyclic) bond motifs is 1. The van der Waals surface area contributed by atoms with Gasteiger partial charge in [0.05, 0.1) is 11.0 Å². The molecule has 0 fully saturated rings. The van der Waals surface area contributed by atoms with Crippen LogP contribution < -0.4 is 0 Å². The van der Waals surface area contributed by atoms with E-state index in [1.54, 1.807) is 12.2 Å². The van der Waals surface area contributed by atoms with Gasteiger partial charge in [-0.15, -0.1) is 0 Å². The zero-order valence-corrected chi connectivity index (χ0v) is 12.7. The van der Waals surface area contributed by atoms with Crippen molar-refractivity contribution >= 4 is 22.9 Å². The highest BCUT2D eigenvalue weighted by Gasteiger charge is 2.11. The van der Waals surface area contributed by atoms with Crippen LogP contribution in [0, 0.1) is 0 Å². The molecular weight excluding hydrogens is 272 g/mol. The van der Waals surface area contributed by atoms with Crippen LogP contribution in [0.4, 0.5) is 0 Å².